The summed E-state index contributed by atoms with van der Waals surface area (Å²) >= 11 is 0. The van der Waals surface area contributed by atoms with Crippen LogP contribution in [-0.4, -0.2) is 54.3 Å². The molecule has 4 N–H and O–H groups in total. The minimum Gasteiger partial charge on any atom is -0.356 e. The van der Waals surface area contributed by atoms with E-state index in [1.165, 1.54) is 18.2 Å². The summed E-state index contributed by atoms with van der Waals surface area (Å²) in [6.45, 7) is 11.5. The van der Waals surface area contributed by atoms with Gasteiger partial charge in [-0.05, 0) is 61.4 Å². The molecule has 0 bridgehead atoms. The van der Waals surface area contributed by atoms with E-state index in [1.807, 2.05) is 27.7 Å². The van der Waals surface area contributed by atoms with E-state index in [1.54, 1.807) is 30.0 Å². The summed E-state index contributed by atoms with van der Waals surface area (Å²) in [5, 5.41) is 5.73. The Balaban J connectivity index is 2.28. The molecule has 2 rings (SSSR count). The largest absolute Gasteiger partial charge is 0.356 e. The first kappa shape index (κ1) is 32.9. The van der Waals surface area contributed by atoms with E-state index in [9.17, 15) is 23.2 Å². The average molecular weight is 559 g/mol. The molecule has 7 nitrogen and oxygen atoms in total. The Morgan fingerprint density at radius 2 is 1.57 bits per heavy atom. The fourth-order valence-electron chi connectivity index (χ4n) is 4.49. The Morgan fingerprint density at radius 1 is 0.950 bits per heavy atom. The second kappa shape index (κ2) is 16.1. The molecule has 0 aromatic heterocycles. The quantitative estimate of drug-likeness (QED) is 0.295. The van der Waals surface area contributed by atoms with E-state index in [0.29, 0.717) is 25.2 Å². The van der Waals surface area contributed by atoms with Gasteiger partial charge in [-0.3, -0.25) is 14.4 Å². The third-order valence-electron chi connectivity index (χ3n) is 6.71. The van der Waals surface area contributed by atoms with Crippen LogP contribution in [0.2, 0.25) is 0 Å². The van der Waals surface area contributed by atoms with Crippen molar-refractivity contribution in [3.05, 3.63) is 70.8 Å². The topological polar surface area (TPSA) is 105 Å². The summed E-state index contributed by atoms with van der Waals surface area (Å²) in [5.74, 6) is -3.00. The summed E-state index contributed by atoms with van der Waals surface area (Å²) in [5.41, 5.74) is 7.19. The van der Waals surface area contributed by atoms with Crippen LogP contribution in [0.1, 0.15) is 80.2 Å². The number of hydrogen-bond donors (Lipinski definition) is 3. The van der Waals surface area contributed by atoms with Gasteiger partial charge in [0.15, 0.2) is 11.6 Å². The number of benzene rings is 2. The molecule has 40 heavy (non-hydrogen) atoms. The molecule has 220 valence electrons. The summed E-state index contributed by atoms with van der Waals surface area (Å²) < 4.78 is 28.5. The molecule has 3 atom stereocenters. The number of carbonyl (C=O) groups is 3. The van der Waals surface area contributed by atoms with Gasteiger partial charge < -0.3 is 21.3 Å². The van der Waals surface area contributed by atoms with Gasteiger partial charge in [-0.25, -0.2) is 8.78 Å². The van der Waals surface area contributed by atoms with Crippen molar-refractivity contribution in [1.29, 1.82) is 0 Å². The van der Waals surface area contributed by atoms with E-state index in [4.69, 9.17) is 5.73 Å². The van der Waals surface area contributed by atoms with Crippen molar-refractivity contribution >= 4 is 17.7 Å². The molecule has 3 amide bonds. The molecule has 2 aromatic rings. The van der Waals surface area contributed by atoms with Crippen molar-refractivity contribution in [2.75, 3.05) is 19.6 Å². The van der Waals surface area contributed by atoms with Crippen LogP contribution in [0.4, 0.5) is 8.78 Å². The Hall–Kier alpha value is -3.33. The lowest BCUT2D eigenvalue weighted by atomic mass is 9.91. The lowest BCUT2D eigenvalue weighted by Gasteiger charge is -2.28. The van der Waals surface area contributed by atoms with Crippen LogP contribution in [0.25, 0.3) is 0 Å². The van der Waals surface area contributed by atoms with E-state index in [2.05, 4.69) is 10.6 Å². The smallest absolute Gasteiger partial charge is 0.253 e. The number of nitrogens with two attached hydrogens (primary N) is 1. The third-order valence-corrected chi connectivity index (χ3v) is 6.71. The molecule has 0 saturated carbocycles. The monoisotopic (exact) mass is 558 g/mol. The van der Waals surface area contributed by atoms with Gasteiger partial charge in [0.05, 0.1) is 0 Å². The Labute approximate surface area is 236 Å². The second-order valence-corrected chi connectivity index (χ2v) is 10.8. The van der Waals surface area contributed by atoms with Crippen LogP contribution < -0.4 is 16.4 Å². The van der Waals surface area contributed by atoms with Crippen LogP contribution >= 0.6 is 0 Å². The summed E-state index contributed by atoms with van der Waals surface area (Å²) in [4.78, 5) is 40.8. The average Bonchev–Trinajstić information content (AvgIpc) is 2.93. The SMILES string of the molecule is CCCN(CCC)C(=O)c1cccc(C(=O)N[C@@H](Cc2cccc(F)c2F)[C@@H](N)C[C@@H](C)C(=O)NCC(C)C)c1. The van der Waals surface area contributed by atoms with Crippen molar-refractivity contribution in [3.8, 4) is 0 Å². The number of rotatable bonds is 15. The van der Waals surface area contributed by atoms with Gasteiger partial charge in [-0.2, -0.15) is 0 Å². The molecule has 0 spiro atoms. The minimum atomic E-state index is -1.00. The maximum Gasteiger partial charge on any atom is 0.253 e. The van der Waals surface area contributed by atoms with Crippen molar-refractivity contribution in [2.45, 2.75) is 72.4 Å². The molecular weight excluding hydrogens is 514 g/mol. The van der Waals surface area contributed by atoms with Gasteiger partial charge in [0.1, 0.15) is 0 Å². The number of carbonyl (C=O) groups excluding carboxylic acids is 3. The highest BCUT2D eigenvalue weighted by atomic mass is 19.2. The summed E-state index contributed by atoms with van der Waals surface area (Å²) in [6.07, 6.45) is 1.77. The van der Waals surface area contributed by atoms with Crippen molar-refractivity contribution in [3.63, 3.8) is 0 Å². The van der Waals surface area contributed by atoms with Crippen molar-refractivity contribution in [1.82, 2.24) is 15.5 Å². The van der Waals surface area contributed by atoms with E-state index >= 15 is 0 Å². The number of nitrogens with one attached hydrogen (secondary N) is 2. The zero-order chi connectivity index (χ0) is 29.8. The molecule has 0 unspecified atom stereocenters. The van der Waals surface area contributed by atoms with Gasteiger partial charge in [-0.1, -0.05) is 52.8 Å². The Kier molecular flexibility index (Phi) is 13.2. The molecule has 9 heteroatoms. The number of amides is 3. The van der Waals surface area contributed by atoms with Crippen molar-refractivity contribution in [2.24, 2.45) is 17.6 Å². The zero-order valence-electron chi connectivity index (χ0n) is 24.3. The molecule has 0 saturated heterocycles. The van der Waals surface area contributed by atoms with Crippen LogP contribution in [0.3, 0.4) is 0 Å². The molecule has 0 fully saturated rings. The number of hydrogen-bond acceptors (Lipinski definition) is 4. The van der Waals surface area contributed by atoms with Crippen LogP contribution in [0, 0.1) is 23.5 Å². The van der Waals surface area contributed by atoms with E-state index in [-0.39, 0.29) is 41.7 Å². The number of halogens is 2. The molecule has 0 radical (unpaired) electrons. The van der Waals surface area contributed by atoms with Crippen LogP contribution in [-0.2, 0) is 11.2 Å². The minimum absolute atomic E-state index is 0.0661. The van der Waals surface area contributed by atoms with E-state index in [0.717, 1.165) is 18.9 Å². The maximum atomic E-state index is 14.6. The molecule has 2 aromatic carbocycles. The van der Waals surface area contributed by atoms with Crippen LogP contribution in [0.15, 0.2) is 42.5 Å². The molecule has 0 aliphatic heterocycles. The third kappa shape index (κ3) is 9.70. The second-order valence-electron chi connectivity index (χ2n) is 10.8. The van der Waals surface area contributed by atoms with Crippen molar-refractivity contribution < 1.29 is 23.2 Å². The lowest BCUT2D eigenvalue weighted by Crippen LogP contribution is -2.50. The summed E-state index contributed by atoms with van der Waals surface area (Å²) in [6, 6.07) is 8.75. The highest BCUT2D eigenvalue weighted by Crippen LogP contribution is 2.18. The molecule has 0 aliphatic carbocycles. The highest BCUT2D eigenvalue weighted by Gasteiger charge is 2.27. The zero-order valence-corrected chi connectivity index (χ0v) is 24.3. The predicted octanol–water partition coefficient (Wildman–Crippen LogP) is 4.69. The lowest BCUT2D eigenvalue weighted by molar-refractivity contribution is -0.125. The molecule has 0 aliphatic rings. The fraction of sp³-hybridized carbons (Fsp3) is 0.516. The normalized spacial score (nSPS) is 13.4. The fourth-order valence-corrected chi connectivity index (χ4v) is 4.49. The van der Waals surface area contributed by atoms with Crippen LogP contribution in [0.5, 0.6) is 0 Å². The van der Waals surface area contributed by atoms with E-state index < -0.39 is 35.5 Å². The molecular formula is C31H44F2N4O3. The standard InChI is InChI=1S/C31H44F2N4O3/c1-6-14-37(15-7-2)31(40)24-12-8-11-23(17-24)30(39)36-27(18-22-10-9-13-25(32)28(22)33)26(34)16-21(5)29(38)35-19-20(3)4/h8-13,17,20-21,26-27H,6-7,14-16,18-19,34H2,1-5H3,(H,35,38)(H,36,39)/t21-,26+,27+/m1/s1. The van der Waals surface area contributed by atoms with Gasteiger partial charge in [0.25, 0.3) is 11.8 Å². The Morgan fingerprint density at radius 3 is 2.20 bits per heavy atom. The van der Waals surface area contributed by atoms with Gasteiger partial charge >= 0.3 is 0 Å². The first-order chi connectivity index (χ1) is 19.0. The first-order valence-electron chi connectivity index (χ1n) is 14.1. The predicted molar refractivity (Wildman–Crippen MR) is 154 cm³/mol. The van der Waals surface area contributed by atoms with Gasteiger partial charge in [-0.15, -0.1) is 0 Å². The Bertz CT molecular complexity index is 1140. The first-order valence-corrected chi connectivity index (χ1v) is 14.1. The maximum absolute atomic E-state index is 14.6. The summed E-state index contributed by atoms with van der Waals surface area (Å²) in [7, 11) is 0. The number of nitrogens with zero attached hydrogens (tertiary/aromatic N) is 1. The molecule has 0 heterocycles. The highest BCUT2D eigenvalue weighted by molar-refractivity contribution is 5.99. The van der Waals surface area contributed by atoms with Gasteiger partial charge in [0.2, 0.25) is 5.91 Å². The van der Waals surface area contributed by atoms with Gasteiger partial charge in [0, 0.05) is 48.8 Å².